The zero-order valence-electron chi connectivity index (χ0n) is 9.45. The summed E-state index contributed by atoms with van der Waals surface area (Å²) in [4.78, 5) is 0. The van der Waals surface area contributed by atoms with Gasteiger partial charge in [-0.25, -0.2) is 0 Å². The number of aliphatic hydroxyl groups is 1. The summed E-state index contributed by atoms with van der Waals surface area (Å²) in [5.41, 5.74) is 0. The van der Waals surface area contributed by atoms with E-state index in [-0.39, 0.29) is 12.6 Å². The first-order chi connectivity index (χ1) is 7.76. The molecular formula is C12H18BrNO2. The Balaban J connectivity index is 2.18. The first-order valence-electron chi connectivity index (χ1n) is 5.49. The summed E-state index contributed by atoms with van der Waals surface area (Å²) in [6, 6.07) is 7.92. The second kappa shape index (κ2) is 7.65. The van der Waals surface area contributed by atoms with E-state index < -0.39 is 0 Å². The van der Waals surface area contributed by atoms with Gasteiger partial charge < -0.3 is 15.2 Å². The molecule has 16 heavy (non-hydrogen) atoms. The number of hydrogen-bond donors (Lipinski definition) is 2. The Labute approximate surface area is 105 Å². The minimum absolute atomic E-state index is 0.175. The molecular weight excluding hydrogens is 270 g/mol. The maximum absolute atomic E-state index is 8.96. The van der Waals surface area contributed by atoms with E-state index in [4.69, 9.17) is 9.84 Å². The highest BCUT2D eigenvalue weighted by atomic mass is 79.9. The minimum Gasteiger partial charge on any atom is -0.492 e. The number of aliphatic hydroxyl groups excluding tert-OH is 1. The van der Waals surface area contributed by atoms with Crippen molar-refractivity contribution in [3.8, 4) is 5.75 Å². The maximum Gasteiger partial charge on any atom is 0.119 e. The fourth-order valence-corrected chi connectivity index (χ4v) is 1.57. The zero-order valence-corrected chi connectivity index (χ0v) is 11.0. The number of benzene rings is 1. The normalized spacial score (nSPS) is 12.4. The number of hydrogen-bond acceptors (Lipinski definition) is 3. The highest BCUT2D eigenvalue weighted by Crippen LogP contribution is 2.15. The molecule has 0 aliphatic carbocycles. The highest BCUT2D eigenvalue weighted by molar-refractivity contribution is 9.10. The molecule has 0 radical (unpaired) electrons. The molecule has 90 valence electrons. The molecule has 0 fully saturated rings. The van der Waals surface area contributed by atoms with Gasteiger partial charge in [0.15, 0.2) is 0 Å². The fraction of sp³-hybridized carbons (Fsp3) is 0.500. The van der Waals surface area contributed by atoms with Gasteiger partial charge in [0, 0.05) is 17.1 Å². The van der Waals surface area contributed by atoms with Crippen molar-refractivity contribution in [1.29, 1.82) is 0 Å². The zero-order chi connectivity index (χ0) is 11.8. The molecule has 2 N–H and O–H groups in total. The molecule has 0 amide bonds. The summed E-state index contributed by atoms with van der Waals surface area (Å²) in [6.45, 7) is 3.57. The van der Waals surface area contributed by atoms with Gasteiger partial charge in [-0.2, -0.15) is 0 Å². The molecule has 0 saturated carbocycles. The highest BCUT2D eigenvalue weighted by Gasteiger charge is 2.02. The second-order valence-corrected chi connectivity index (χ2v) is 4.46. The van der Waals surface area contributed by atoms with Crippen LogP contribution in [0.5, 0.6) is 5.75 Å². The Hall–Kier alpha value is -0.580. The number of ether oxygens (including phenoxy) is 1. The van der Waals surface area contributed by atoms with Gasteiger partial charge in [-0.05, 0) is 30.7 Å². The van der Waals surface area contributed by atoms with Crippen LogP contribution in [0.1, 0.15) is 13.3 Å². The van der Waals surface area contributed by atoms with E-state index in [0.29, 0.717) is 6.61 Å². The molecule has 0 aromatic heterocycles. The first kappa shape index (κ1) is 13.5. The van der Waals surface area contributed by atoms with Gasteiger partial charge in [-0.15, -0.1) is 0 Å². The molecule has 1 atom stereocenters. The summed E-state index contributed by atoms with van der Waals surface area (Å²) < 4.78 is 6.58. The molecule has 0 aliphatic heterocycles. The molecule has 3 nitrogen and oxygen atoms in total. The van der Waals surface area contributed by atoms with E-state index in [9.17, 15) is 0 Å². The van der Waals surface area contributed by atoms with Crippen molar-refractivity contribution < 1.29 is 9.84 Å². The van der Waals surface area contributed by atoms with Crippen LogP contribution >= 0.6 is 15.9 Å². The number of rotatable bonds is 7. The SMILES string of the molecule is CCC(CO)NCCOc1ccc(Br)cc1. The van der Waals surface area contributed by atoms with Crippen LogP contribution < -0.4 is 10.1 Å². The van der Waals surface area contributed by atoms with Crippen molar-refractivity contribution in [3.05, 3.63) is 28.7 Å². The number of nitrogens with one attached hydrogen (secondary N) is 1. The van der Waals surface area contributed by atoms with Gasteiger partial charge >= 0.3 is 0 Å². The monoisotopic (exact) mass is 287 g/mol. The third kappa shape index (κ3) is 4.96. The average Bonchev–Trinajstić information content (AvgIpc) is 2.32. The average molecular weight is 288 g/mol. The van der Waals surface area contributed by atoms with E-state index in [1.165, 1.54) is 0 Å². The molecule has 0 saturated heterocycles. The van der Waals surface area contributed by atoms with E-state index in [1.54, 1.807) is 0 Å². The Morgan fingerprint density at radius 3 is 2.62 bits per heavy atom. The summed E-state index contributed by atoms with van der Waals surface area (Å²) in [7, 11) is 0. The number of halogens is 1. The van der Waals surface area contributed by atoms with E-state index in [2.05, 4.69) is 21.2 Å². The standard InChI is InChI=1S/C12H18BrNO2/c1-2-11(9-15)14-7-8-16-12-5-3-10(13)4-6-12/h3-6,11,14-15H,2,7-9H2,1H3. The van der Waals surface area contributed by atoms with Crippen LogP contribution in [0.2, 0.25) is 0 Å². The van der Waals surface area contributed by atoms with Crippen LogP contribution in [0.3, 0.4) is 0 Å². The van der Waals surface area contributed by atoms with Gasteiger partial charge in [0.25, 0.3) is 0 Å². The van der Waals surface area contributed by atoms with Crippen LogP contribution in [0, 0.1) is 0 Å². The van der Waals surface area contributed by atoms with E-state index in [0.717, 1.165) is 23.2 Å². The van der Waals surface area contributed by atoms with Gasteiger partial charge in [0.05, 0.1) is 6.61 Å². The third-order valence-electron chi connectivity index (χ3n) is 2.33. The fourth-order valence-electron chi connectivity index (χ4n) is 1.30. The predicted molar refractivity (Wildman–Crippen MR) is 68.8 cm³/mol. The van der Waals surface area contributed by atoms with Crippen molar-refractivity contribution in [1.82, 2.24) is 5.32 Å². The van der Waals surface area contributed by atoms with Gasteiger partial charge in [0.2, 0.25) is 0 Å². The van der Waals surface area contributed by atoms with Crippen LogP contribution in [-0.2, 0) is 0 Å². The van der Waals surface area contributed by atoms with Crippen molar-refractivity contribution in [2.45, 2.75) is 19.4 Å². The molecule has 0 spiro atoms. The van der Waals surface area contributed by atoms with Crippen LogP contribution in [-0.4, -0.2) is 30.9 Å². The van der Waals surface area contributed by atoms with Crippen molar-refractivity contribution in [2.24, 2.45) is 0 Å². The van der Waals surface area contributed by atoms with Crippen LogP contribution in [0.15, 0.2) is 28.7 Å². The maximum atomic E-state index is 8.96. The molecule has 0 heterocycles. The lowest BCUT2D eigenvalue weighted by Gasteiger charge is -2.14. The molecule has 0 aliphatic rings. The third-order valence-corrected chi connectivity index (χ3v) is 2.86. The van der Waals surface area contributed by atoms with Gasteiger partial charge in [-0.1, -0.05) is 22.9 Å². The van der Waals surface area contributed by atoms with Crippen molar-refractivity contribution in [3.63, 3.8) is 0 Å². The lowest BCUT2D eigenvalue weighted by atomic mass is 10.2. The minimum atomic E-state index is 0.175. The Kier molecular flexibility index (Phi) is 6.45. The Bertz CT molecular complexity index is 286. The topological polar surface area (TPSA) is 41.5 Å². The van der Waals surface area contributed by atoms with E-state index >= 15 is 0 Å². The summed E-state index contributed by atoms with van der Waals surface area (Å²) in [6.07, 6.45) is 0.925. The predicted octanol–water partition coefficient (Wildman–Crippen LogP) is 2.19. The summed E-state index contributed by atoms with van der Waals surface area (Å²) in [5.74, 6) is 0.863. The molecule has 1 aromatic rings. The van der Waals surface area contributed by atoms with Crippen LogP contribution in [0.25, 0.3) is 0 Å². The summed E-state index contributed by atoms with van der Waals surface area (Å²) >= 11 is 3.37. The molecule has 1 unspecified atom stereocenters. The lowest BCUT2D eigenvalue weighted by molar-refractivity contribution is 0.227. The smallest absolute Gasteiger partial charge is 0.119 e. The summed E-state index contributed by atoms with van der Waals surface area (Å²) in [5, 5.41) is 12.2. The lowest BCUT2D eigenvalue weighted by Crippen LogP contribution is -2.34. The Morgan fingerprint density at radius 2 is 2.06 bits per heavy atom. The molecule has 0 bridgehead atoms. The first-order valence-corrected chi connectivity index (χ1v) is 6.28. The van der Waals surface area contributed by atoms with Crippen LogP contribution in [0.4, 0.5) is 0 Å². The van der Waals surface area contributed by atoms with E-state index in [1.807, 2.05) is 31.2 Å². The molecule has 1 rings (SSSR count). The Morgan fingerprint density at radius 1 is 1.38 bits per heavy atom. The second-order valence-electron chi connectivity index (χ2n) is 3.54. The van der Waals surface area contributed by atoms with Crippen molar-refractivity contribution in [2.75, 3.05) is 19.8 Å². The largest absolute Gasteiger partial charge is 0.492 e. The quantitative estimate of drug-likeness (QED) is 0.756. The molecule has 1 aromatic carbocycles. The molecule has 4 heteroatoms. The van der Waals surface area contributed by atoms with Gasteiger partial charge in [-0.3, -0.25) is 0 Å². The van der Waals surface area contributed by atoms with Crippen molar-refractivity contribution >= 4 is 15.9 Å². The van der Waals surface area contributed by atoms with Gasteiger partial charge in [0.1, 0.15) is 12.4 Å².